The third-order valence-corrected chi connectivity index (χ3v) is 2.84. The standard InChI is InChI=1S/C13H15BrN2O5/c14-10-3-1-9(2-4-10)13(20)16-7-11(17)15-5-6-21-8-12(18)19/h1-4H,5-8H2,(H,15,17)(H,16,20)(H,18,19). The van der Waals surface area contributed by atoms with E-state index < -0.39 is 12.6 Å². The molecule has 0 saturated carbocycles. The lowest BCUT2D eigenvalue weighted by molar-refractivity contribution is -0.142. The molecule has 0 saturated heterocycles. The van der Waals surface area contributed by atoms with Crippen molar-refractivity contribution in [2.75, 3.05) is 26.3 Å². The van der Waals surface area contributed by atoms with Crippen molar-refractivity contribution in [1.82, 2.24) is 10.6 Å². The van der Waals surface area contributed by atoms with E-state index in [0.29, 0.717) is 5.56 Å². The lowest BCUT2D eigenvalue weighted by Crippen LogP contribution is -2.38. The van der Waals surface area contributed by atoms with Crippen LogP contribution in [0.25, 0.3) is 0 Å². The van der Waals surface area contributed by atoms with E-state index in [2.05, 4.69) is 26.6 Å². The number of carbonyl (C=O) groups is 3. The number of benzene rings is 1. The topological polar surface area (TPSA) is 105 Å². The van der Waals surface area contributed by atoms with Crippen LogP contribution in [0.1, 0.15) is 10.4 Å². The summed E-state index contributed by atoms with van der Waals surface area (Å²) in [5.41, 5.74) is 0.454. The first-order chi connectivity index (χ1) is 9.99. The van der Waals surface area contributed by atoms with E-state index in [1.165, 1.54) is 0 Å². The number of halogens is 1. The highest BCUT2D eigenvalue weighted by molar-refractivity contribution is 9.10. The van der Waals surface area contributed by atoms with E-state index in [9.17, 15) is 14.4 Å². The molecule has 1 aromatic rings. The van der Waals surface area contributed by atoms with Gasteiger partial charge in [-0.05, 0) is 24.3 Å². The van der Waals surface area contributed by atoms with Gasteiger partial charge in [-0.2, -0.15) is 0 Å². The summed E-state index contributed by atoms with van der Waals surface area (Å²) in [6, 6.07) is 6.73. The molecule has 0 aliphatic heterocycles. The minimum Gasteiger partial charge on any atom is -0.480 e. The van der Waals surface area contributed by atoms with Crippen LogP contribution in [-0.4, -0.2) is 49.2 Å². The Hall–Kier alpha value is -1.93. The molecule has 0 bridgehead atoms. The van der Waals surface area contributed by atoms with Gasteiger partial charge in [-0.15, -0.1) is 0 Å². The fraction of sp³-hybridized carbons (Fsp3) is 0.308. The average Bonchev–Trinajstić information content (AvgIpc) is 2.44. The number of carboxylic acid groups (broad SMARTS) is 1. The fourth-order valence-corrected chi connectivity index (χ4v) is 1.61. The molecule has 0 aliphatic rings. The van der Waals surface area contributed by atoms with Gasteiger partial charge in [-0.3, -0.25) is 9.59 Å². The summed E-state index contributed by atoms with van der Waals surface area (Å²) in [6.45, 7) is -0.289. The third-order valence-electron chi connectivity index (χ3n) is 2.31. The Labute approximate surface area is 129 Å². The van der Waals surface area contributed by atoms with Gasteiger partial charge in [0.15, 0.2) is 0 Å². The van der Waals surface area contributed by atoms with E-state index in [-0.39, 0.29) is 31.5 Å². The van der Waals surface area contributed by atoms with Crippen LogP contribution in [0, 0.1) is 0 Å². The largest absolute Gasteiger partial charge is 0.480 e. The van der Waals surface area contributed by atoms with Crippen molar-refractivity contribution in [3.8, 4) is 0 Å². The lowest BCUT2D eigenvalue weighted by Gasteiger charge is -2.07. The molecular weight excluding hydrogens is 344 g/mol. The van der Waals surface area contributed by atoms with Crippen LogP contribution in [0.2, 0.25) is 0 Å². The minimum atomic E-state index is -1.07. The van der Waals surface area contributed by atoms with Crippen molar-refractivity contribution in [2.24, 2.45) is 0 Å². The van der Waals surface area contributed by atoms with Crippen molar-refractivity contribution in [3.63, 3.8) is 0 Å². The molecule has 8 heteroatoms. The number of rotatable bonds is 8. The van der Waals surface area contributed by atoms with Crippen LogP contribution in [0.15, 0.2) is 28.7 Å². The molecule has 0 fully saturated rings. The van der Waals surface area contributed by atoms with Crippen molar-refractivity contribution in [1.29, 1.82) is 0 Å². The number of carbonyl (C=O) groups excluding carboxylic acids is 2. The molecule has 114 valence electrons. The van der Waals surface area contributed by atoms with Crippen molar-refractivity contribution in [3.05, 3.63) is 34.3 Å². The number of aliphatic carboxylic acids is 1. The number of hydrogen-bond donors (Lipinski definition) is 3. The van der Waals surface area contributed by atoms with Gasteiger partial charge in [-0.1, -0.05) is 15.9 Å². The number of carboxylic acids is 1. The number of hydrogen-bond acceptors (Lipinski definition) is 4. The molecule has 2 amide bonds. The highest BCUT2D eigenvalue weighted by atomic mass is 79.9. The predicted molar refractivity (Wildman–Crippen MR) is 77.9 cm³/mol. The molecule has 0 radical (unpaired) electrons. The summed E-state index contributed by atoms with van der Waals surface area (Å²) in [5, 5.41) is 13.3. The molecule has 21 heavy (non-hydrogen) atoms. The number of ether oxygens (including phenoxy) is 1. The van der Waals surface area contributed by atoms with Crippen molar-refractivity contribution in [2.45, 2.75) is 0 Å². The molecule has 0 atom stereocenters. The third kappa shape index (κ3) is 7.42. The molecule has 0 aliphatic carbocycles. The van der Waals surface area contributed by atoms with E-state index >= 15 is 0 Å². The Bertz CT molecular complexity index is 504. The minimum absolute atomic E-state index is 0.0959. The highest BCUT2D eigenvalue weighted by Crippen LogP contribution is 2.10. The van der Waals surface area contributed by atoms with Gasteiger partial charge < -0.3 is 20.5 Å². The monoisotopic (exact) mass is 358 g/mol. The van der Waals surface area contributed by atoms with Crippen LogP contribution in [0.3, 0.4) is 0 Å². The summed E-state index contributed by atoms with van der Waals surface area (Å²) >= 11 is 3.26. The maximum Gasteiger partial charge on any atom is 0.329 e. The Morgan fingerprint density at radius 1 is 1.14 bits per heavy atom. The maximum atomic E-state index is 11.7. The Kier molecular flexibility index (Phi) is 7.41. The lowest BCUT2D eigenvalue weighted by atomic mass is 10.2. The first-order valence-electron chi connectivity index (χ1n) is 6.09. The van der Waals surface area contributed by atoms with E-state index in [1.807, 2.05) is 0 Å². The molecule has 1 aromatic carbocycles. The SMILES string of the molecule is O=C(O)COCCNC(=O)CNC(=O)c1ccc(Br)cc1. The second-order valence-electron chi connectivity index (χ2n) is 3.99. The zero-order valence-electron chi connectivity index (χ0n) is 11.1. The second-order valence-corrected chi connectivity index (χ2v) is 4.90. The molecular formula is C13H15BrN2O5. The van der Waals surface area contributed by atoms with Crippen molar-refractivity contribution < 1.29 is 24.2 Å². The molecule has 7 nitrogen and oxygen atoms in total. The number of amides is 2. The molecule has 1 rings (SSSR count). The first kappa shape index (κ1) is 17.1. The fourth-order valence-electron chi connectivity index (χ4n) is 1.35. The van der Waals surface area contributed by atoms with Gasteiger partial charge in [0.25, 0.3) is 5.91 Å². The average molecular weight is 359 g/mol. The Balaban J connectivity index is 2.19. The Morgan fingerprint density at radius 3 is 2.43 bits per heavy atom. The summed E-state index contributed by atoms with van der Waals surface area (Å²) < 4.78 is 5.60. The molecule has 0 unspecified atom stereocenters. The van der Waals surface area contributed by atoms with Crippen molar-refractivity contribution >= 4 is 33.7 Å². The zero-order valence-corrected chi connectivity index (χ0v) is 12.7. The summed E-state index contributed by atoms with van der Waals surface area (Å²) in [5.74, 6) is -1.79. The molecule has 0 spiro atoms. The van der Waals surface area contributed by atoms with Gasteiger partial charge in [0.2, 0.25) is 5.91 Å². The normalized spacial score (nSPS) is 9.95. The summed E-state index contributed by atoms with van der Waals surface area (Å²) in [7, 11) is 0. The highest BCUT2D eigenvalue weighted by Gasteiger charge is 2.07. The smallest absolute Gasteiger partial charge is 0.329 e. The Morgan fingerprint density at radius 2 is 1.81 bits per heavy atom. The van der Waals surface area contributed by atoms with Gasteiger partial charge in [0.1, 0.15) is 6.61 Å². The second kappa shape index (κ2) is 9.09. The van der Waals surface area contributed by atoms with Gasteiger partial charge in [-0.25, -0.2) is 4.79 Å². The zero-order chi connectivity index (χ0) is 15.7. The van der Waals surface area contributed by atoms with Gasteiger partial charge in [0.05, 0.1) is 13.2 Å². The molecule has 0 aromatic heterocycles. The van der Waals surface area contributed by atoms with E-state index in [1.54, 1.807) is 24.3 Å². The van der Waals surface area contributed by atoms with Crippen LogP contribution in [-0.2, 0) is 14.3 Å². The van der Waals surface area contributed by atoms with Gasteiger partial charge in [0, 0.05) is 16.6 Å². The summed E-state index contributed by atoms with van der Waals surface area (Å²) in [4.78, 5) is 33.3. The molecule has 3 N–H and O–H groups in total. The van der Waals surface area contributed by atoms with Crippen LogP contribution in [0.4, 0.5) is 0 Å². The maximum absolute atomic E-state index is 11.7. The molecule has 0 heterocycles. The predicted octanol–water partition coefficient (Wildman–Crippen LogP) is 0.396. The number of nitrogens with one attached hydrogen (secondary N) is 2. The van der Waals surface area contributed by atoms with Crippen LogP contribution < -0.4 is 10.6 Å². The van der Waals surface area contributed by atoms with Gasteiger partial charge >= 0.3 is 5.97 Å². The van der Waals surface area contributed by atoms with Crippen LogP contribution >= 0.6 is 15.9 Å². The van der Waals surface area contributed by atoms with E-state index in [0.717, 1.165) is 4.47 Å². The van der Waals surface area contributed by atoms with Crippen LogP contribution in [0.5, 0.6) is 0 Å². The van der Waals surface area contributed by atoms with E-state index in [4.69, 9.17) is 9.84 Å². The first-order valence-corrected chi connectivity index (χ1v) is 6.88. The summed E-state index contributed by atoms with van der Waals surface area (Å²) in [6.07, 6.45) is 0. The quantitative estimate of drug-likeness (QED) is 0.583.